The molecule has 0 unspecified atom stereocenters. The quantitative estimate of drug-likeness (QED) is 0.699. The third kappa shape index (κ3) is 2.37. The molecule has 3 rings (SSSR count). The first-order chi connectivity index (χ1) is 9.17. The van der Waals surface area contributed by atoms with Crippen LogP contribution in [0.4, 0.5) is 5.82 Å². The smallest absolute Gasteiger partial charge is 0.180 e. The van der Waals surface area contributed by atoms with Crippen molar-refractivity contribution in [2.45, 2.75) is 0 Å². The molecule has 0 bridgehead atoms. The summed E-state index contributed by atoms with van der Waals surface area (Å²) in [5.74, 6) is 1.61. The molecule has 6 heteroatoms. The Kier molecular flexibility index (Phi) is 3.28. The monoisotopic (exact) mass is 380 g/mol. The minimum absolute atomic E-state index is 0.705. The van der Waals surface area contributed by atoms with Gasteiger partial charge in [-0.15, -0.1) is 0 Å². The normalized spacial score (nSPS) is 10.9. The van der Waals surface area contributed by atoms with Crippen LogP contribution in [0.5, 0.6) is 0 Å². The molecular formula is C13H10Br2N4. The van der Waals surface area contributed by atoms with E-state index >= 15 is 0 Å². The van der Waals surface area contributed by atoms with E-state index in [9.17, 15) is 0 Å². The number of pyridine rings is 1. The number of fused-ring (bicyclic) bond motifs is 1. The van der Waals surface area contributed by atoms with Gasteiger partial charge in [-0.05, 0) is 46.3 Å². The number of nitrogens with one attached hydrogen (secondary N) is 2. The number of nitrogens with zero attached hydrogens (tertiary/aromatic N) is 2. The van der Waals surface area contributed by atoms with Gasteiger partial charge in [0.25, 0.3) is 0 Å². The lowest BCUT2D eigenvalue weighted by atomic mass is 10.2. The summed E-state index contributed by atoms with van der Waals surface area (Å²) in [4.78, 5) is 12.2. The maximum Gasteiger partial charge on any atom is 0.180 e. The number of anilines is 1. The molecule has 0 atom stereocenters. The Labute approximate surface area is 126 Å². The minimum Gasteiger partial charge on any atom is -0.373 e. The fourth-order valence-corrected chi connectivity index (χ4v) is 3.08. The number of aromatic amines is 1. The molecule has 0 saturated carbocycles. The number of hydrogen-bond acceptors (Lipinski definition) is 3. The van der Waals surface area contributed by atoms with Crippen LogP contribution in [0.1, 0.15) is 0 Å². The lowest BCUT2D eigenvalue weighted by Crippen LogP contribution is -1.91. The molecule has 4 nitrogen and oxygen atoms in total. The highest BCUT2D eigenvalue weighted by molar-refractivity contribution is 9.11. The minimum atomic E-state index is 0.705. The van der Waals surface area contributed by atoms with Crippen molar-refractivity contribution in [1.29, 1.82) is 0 Å². The summed E-state index contributed by atoms with van der Waals surface area (Å²) in [6.07, 6.45) is 0. The van der Waals surface area contributed by atoms with Gasteiger partial charge in [-0.2, -0.15) is 0 Å². The predicted octanol–water partition coefficient (Wildman–Crippen LogP) is 4.19. The molecule has 3 aromatic rings. The number of imidazole rings is 1. The fraction of sp³-hybridized carbons (Fsp3) is 0.0769. The summed E-state index contributed by atoms with van der Waals surface area (Å²) in [5, 5.41) is 3.01. The van der Waals surface area contributed by atoms with Crippen LogP contribution in [-0.2, 0) is 0 Å². The van der Waals surface area contributed by atoms with Gasteiger partial charge in [-0.25, -0.2) is 9.97 Å². The first-order valence-corrected chi connectivity index (χ1v) is 7.26. The van der Waals surface area contributed by atoms with Crippen molar-refractivity contribution >= 4 is 48.8 Å². The molecule has 96 valence electrons. The van der Waals surface area contributed by atoms with E-state index in [1.807, 2.05) is 37.4 Å². The molecule has 0 fully saturated rings. The van der Waals surface area contributed by atoms with Crippen molar-refractivity contribution in [2.75, 3.05) is 12.4 Å². The molecule has 0 radical (unpaired) electrons. The van der Waals surface area contributed by atoms with Crippen LogP contribution in [0.2, 0.25) is 0 Å². The number of halogens is 2. The third-order valence-corrected chi connectivity index (χ3v) is 3.94. The topological polar surface area (TPSA) is 53.6 Å². The Morgan fingerprint density at radius 1 is 1.11 bits per heavy atom. The van der Waals surface area contributed by atoms with Gasteiger partial charge in [0.15, 0.2) is 5.65 Å². The molecule has 1 aromatic carbocycles. The van der Waals surface area contributed by atoms with Gasteiger partial charge in [-0.1, -0.05) is 15.9 Å². The van der Waals surface area contributed by atoms with E-state index in [0.29, 0.717) is 5.65 Å². The standard InChI is InChI=1S/C13H10Br2N4/c1-16-11-5-4-10-13(18-11)19-12(17-10)8-3-2-7(14)6-9(8)15/h2-6H,1H3,(H2,16,17,18,19). The van der Waals surface area contributed by atoms with Crippen molar-refractivity contribution in [3.63, 3.8) is 0 Å². The van der Waals surface area contributed by atoms with E-state index < -0.39 is 0 Å². The number of aromatic nitrogens is 3. The Bertz CT molecular complexity index is 751. The van der Waals surface area contributed by atoms with E-state index in [1.54, 1.807) is 0 Å². The van der Waals surface area contributed by atoms with Gasteiger partial charge in [0, 0.05) is 21.6 Å². The van der Waals surface area contributed by atoms with Crippen molar-refractivity contribution < 1.29 is 0 Å². The van der Waals surface area contributed by atoms with Gasteiger partial charge in [0.1, 0.15) is 11.6 Å². The first-order valence-electron chi connectivity index (χ1n) is 5.67. The van der Waals surface area contributed by atoms with Crippen molar-refractivity contribution in [2.24, 2.45) is 0 Å². The van der Waals surface area contributed by atoms with Crippen molar-refractivity contribution in [3.05, 3.63) is 39.3 Å². The SMILES string of the molecule is CNc1ccc2[nH]c(-c3ccc(Br)cc3Br)nc2n1. The zero-order valence-electron chi connectivity index (χ0n) is 10.0. The van der Waals surface area contributed by atoms with Crippen LogP contribution < -0.4 is 5.32 Å². The Balaban J connectivity index is 2.14. The van der Waals surface area contributed by atoms with E-state index in [4.69, 9.17) is 0 Å². The highest BCUT2D eigenvalue weighted by Crippen LogP contribution is 2.30. The number of hydrogen-bond donors (Lipinski definition) is 2. The maximum atomic E-state index is 4.53. The second-order valence-electron chi connectivity index (χ2n) is 4.03. The number of benzene rings is 1. The summed E-state index contributed by atoms with van der Waals surface area (Å²) < 4.78 is 2.00. The molecule has 2 heterocycles. The molecule has 2 N–H and O–H groups in total. The molecule has 0 aliphatic heterocycles. The molecular weight excluding hydrogens is 372 g/mol. The van der Waals surface area contributed by atoms with Crippen LogP contribution in [-0.4, -0.2) is 22.0 Å². The largest absolute Gasteiger partial charge is 0.373 e. The lowest BCUT2D eigenvalue weighted by molar-refractivity contribution is 1.28. The van der Waals surface area contributed by atoms with Gasteiger partial charge >= 0.3 is 0 Å². The Morgan fingerprint density at radius 2 is 1.95 bits per heavy atom. The second kappa shape index (κ2) is 4.94. The molecule has 0 aliphatic rings. The Morgan fingerprint density at radius 3 is 2.68 bits per heavy atom. The summed E-state index contributed by atoms with van der Waals surface area (Å²) in [5.41, 5.74) is 2.63. The van der Waals surface area contributed by atoms with Gasteiger partial charge in [-0.3, -0.25) is 0 Å². The van der Waals surface area contributed by atoms with E-state index in [0.717, 1.165) is 31.7 Å². The van der Waals surface area contributed by atoms with Crippen LogP contribution in [0.25, 0.3) is 22.6 Å². The predicted molar refractivity (Wildman–Crippen MR) is 84.3 cm³/mol. The summed E-state index contributed by atoms with van der Waals surface area (Å²) in [7, 11) is 1.84. The van der Waals surface area contributed by atoms with Gasteiger partial charge in [0.05, 0.1) is 5.52 Å². The van der Waals surface area contributed by atoms with Crippen LogP contribution in [0.3, 0.4) is 0 Å². The average Bonchev–Trinajstić information content (AvgIpc) is 2.80. The maximum absolute atomic E-state index is 4.53. The highest BCUT2D eigenvalue weighted by Gasteiger charge is 2.10. The van der Waals surface area contributed by atoms with Crippen LogP contribution in [0, 0.1) is 0 Å². The molecule has 0 aliphatic carbocycles. The van der Waals surface area contributed by atoms with E-state index in [2.05, 4.69) is 52.1 Å². The average molecular weight is 382 g/mol. The number of H-pyrrole nitrogens is 1. The zero-order valence-corrected chi connectivity index (χ0v) is 13.2. The summed E-state index contributed by atoms with van der Waals surface area (Å²) in [6, 6.07) is 9.87. The van der Waals surface area contributed by atoms with E-state index in [-0.39, 0.29) is 0 Å². The van der Waals surface area contributed by atoms with Crippen molar-refractivity contribution in [3.8, 4) is 11.4 Å². The third-order valence-electron chi connectivity index (χ3n) is 2.79. The highest BCUT2D eigenvalue weighted by atomic mass is 79.9. The van der Waals surface area contributed by atoms with Gasteiger partial charge < -0.3 is 10.3 Å². The first kappa shape index (κ1) is 12.6. The summed E-state index contributed by atoms with van der Waals surface area (Å²) in [6.45, 7) is 0. The second-order valence-corrected chi connectivity index (χ2v) is 5.80. The molecule has 0 spiro atoms. The lowest BCUT2D eigenvalue weighted by Gasteiger charge is -2.00. The fourth-order valence-electron chi connectivity index (χ4n) is 1.84. The summed E-state index contributed by atoms with van der Waals surface area (Å²) >= 11 is 6.99. The van der Waals surface area contributed by atoms with E-state index in [1.165, 1.54) is 0 Å². The van der Waals surface area contributed by atoms with Gasteiger partial charge in [0.2, 0.25) is 0 Å². The molecule has 0 amide bonds. The van der Waals surface area contributed by atoms with Crippen molar-refractivity contribution in [1.82, 2.24) is 15.0 Å². The van der Waals surface area contributed by atoms with Crippen LogP contribution in [0.15, 0.2) is 39.3 Å². The molecule has 2 aromatic heterocycles. The Hall–Kier alpha value is -1.40. The molecule has 19 heavy (non-hydrogen) atoms. The molecule has 0 saturated heterocycles. The zero-order chi connectivity index (χ0) is 13.4. The number of rotatable bonds is 2. The van der Waals surface area contributed by atoms with Crippen LogP contribution >= 0.6 is 31.9 Å².